The first-order valence-corrected chi connectivity index (χ1v) is 5.37. The van der Waals surface area contributed by atoms with Crippen molar-refractivity contribution in [2.24, 2.45) is 5.92 Å². The van der Waals surface area contributed by atoms with Gasteiger partial charge in [-0.3, -0.25) is 0 Å². The summed E-state index contributed by atoms with van der Waals surface area (Å²) in [7, 11) is 0. The Labute approximate surface area is 84.6 Å². The Hall–Kier alpha value is 0.170. The molecular formula is C9H18ClNO2. The van der Waals surface area contributed by atoms with Gasteiger partial charge >= 0.3 is 0 Å². The predicted octanol–water partition coefficient (Wildman–Crippen LogP) is 0.556. The van der Waals surface area contributed by atoms with E-state index < -0.39 is 0 Å². The highest BCUT2D eigenvalue weighted by molar-refractivity contribution is 6.17. The monoisotopic (exact) mass is 207 g/mol. The molecule has 1 aliphatic heterocycles. The number of rotatable bonds is 6. The summed E-state index contributed by atoms with van der Waals surface area (Å²) in [6, 6.07) is 0. The number of halogens is 1. The number of nitrogens with zero attached hydrogens (tertiary/aromatic N) is 1. The first kappa shape index (κ1) is 11.2. The van der Waals surface area contributed by atoms with Gasteiger partial charge in [-0.1, -0.05) is 0 Å². The lowest BCUT2D eigenvalue weighted by atomic mass is 10.1. The van der Waals surface area contributed by atoms with Crippen LogP contribution in [0.4, 0.5) is 0 Å². The van der Waals surface area contributed by atoms with Gasteiger partial charge < -0.3 is 14.7 Å². The number of aliphatic hydroxyl groups excluding tert-OH is 1. The largest absolute Gasteiger partial charge is 0.396 e. The van der Waals surface area contributed by atoms with E-state index in [1.54, 1.807) is 0 Å². The van der Waals surface area contributed by atoms with Crippen molar-refractivity contribution in [2.45, 2.75) is 6.42 Å². The molecule has 0 aromatic rings. The second kappa shape index (κ2) is 6.60. The van der Waals surface area contributed by atoms with Gasteiger partial charge in [0.25, 0.3) is 0 Å². The SMILES string of the molecule is OCC1CCN(CCOCCCl)C1. The van der Waals surface area contributed by atoms with Crippen LogP contribution in [-0.2, 0) is 4.74 Å². The molecule has 1 unspecified atom stereocenters. The normalized spacial score (nSPS) is 24.0. The molecule has 1 atom stereocenters. The second-order valence-corrected chi connectivity index (χ2v) is 3.82. The van der Waals surface area contributed by atoms with Crippen LogP contribution in [0, 0.1) is 5.92 Å². The Morgan fingerprint density at radius 3 is 2.92 bits per heavy atom. The highest BCUT2D eigenvalue weighted by atomic mass is 35.5. The highest BCUT2D eigenvalue weighted by Gasteiger charge is 2.20. The van der Waals surface area contributed by atoms with Crippen LogP contribution in [0.25, 0.3) is 0 Å². The number of alkyl halides is 1. The molecule has 0 bridgehead atoms. The molecule has 1 rings (SSSR count). The summed E-state index contributed by atoms with van der Waals surface area (Å²) in [6.07, 6.45) is 1.12. The van der Waals surface area contributed by atoms with Crippen molar-refractivity contribution in [3.05, 3.63) is 0 Å². The fourth-order valence-electron chi connectivity index (χ4n) is 1.62. The van der Waals surface area contributed by atoms with Crippen molar-refractivity contribution in [1.29, 1.82) is 0 Å². The summed E-state index contributed by atoms with van der Waals surface area (Å²) in [5, 5.41) is 8.92. The van der Waals surface area contributed by atoms with Crippen LogP contribution < -0.4 is 0 Å². The zero-order chi connectivity index (χ0) is 9.52. The van der Waals surface area contributed by atoms with E-state index >= 15 is 0 Å². The van der Waals surface area contributed by atoms with Crippen molar-refractivity contribution in [3.8, 4) is 0 Å². The maximum absolute atomic E-state index is 8.92. The summed E-state index contributed by atoms with van der Waals surface area (Å²) in [6.45, 7) is 4.78. The summed E-state index contributed by atoms with van der Waals surface area (Å²) in [5.41, 5.74) is 0. The van der Waals surface area contributed by atoms with Gasteiger partial charge in [0.05, 0.1) is 13.2 Å². The third-order valence-electron chi connectivity index (χ3n) is 2.40. The first-order valence-electron chi connectivity index (χ1n) is 4.83. The molecule has 0 aliphatic carbocycles. The van der Waals surface area contributed by atoms with Crippen molar-refractivity contribution in [3.63, 3.8) is 0 Å². The molecule has 0 radical (unpaired) electrons. The van der Waals surface area contributed by atoms with Gasteiger partial charge in [-0.25, -0.2) is 0 Å². The van der Waals surface area contributed by atoms with Gasteiger partial charge in [0.2, 0.25) is 0 Å². The molecule has 0 aromatic carbocycles. The molecule has 1 aliphatic rings. The van der Waals surface area contributed by atoms with E-state index in [9.17, 15) is 0 Å². The van der Waals surface area contributed by atoms with E-state index in [0.717, 1.165) is 32.7 Å². The van der Waals surface area contributed by atoms with Crippen LogP contribution in [0.1, 0.15) is 6.42 Å². The number of likely N-dealkylation sites (tertiary alicyclic amines) is 1. The van der Waals surface area contributed by atoms with Crippen molar-refractivity contribution >= 4 is 11.6 Å². The maximum Gasteiger partial charge on any atom is 0.0602 e. The number of aliphatic hydroxyl groups is 1. The minimum atomic E-state index is 0.318. The number of ether oxygens (including phenoxy) is 1. The summed E-state index contributed by atoms with van der Waals surface area (Å²) in [5.74, 6) is 1.05. The van der Waals surface area contributed by atoms with Crippen molar-refractivity contribution in [2.75, 3.05) is 45.3 Å². The summed E-state index contributed by atoms with van der Waals surface area (Å²) < 4.78 is 5.28. The molecule has 1 fully saturated rings. The lowest BCUT2D eigenvalue weighted by Gasteiger charge is -2.14. The standard InChI is InChI=1S/C9H18ClNO2/c10-2-5-13-6-4-11-3-1-9(7-11)8-12/h9,12H,1-8H2. The topological polar surface area (TPSA) is 32.7 Å². The van der Waals surface area contributed by atoms with E-state index in [4.69, 9.17) is 21.4 Å². The Bertz CT molecular complexity index is 135. The molecule has 3 nitrogen and oxygen atoms in total. The molecule has 13 heavy (non-hydrogen) atoms. The average Bonchev–Trinajstić information content (AvgIpc) is 2.60. The highest BCUT2D eigenvalue weighted by Crippen LogP contribution is 2.14. The van der Waals surface area contributed by atoms with Crippen LogP contribution in [-0.4, -0.2) is 55.3 Å². The van der Waals surface area contributed by atoms with E-state index in [-0.39, 0.29) is 0 Å². The van der Waals surface area contributed by atoms with Gasteiger partial charge in [-0.2, -0.15) is 0 Å². The van der Waals surface area contributed by atoms with Crippen LogP contribution in [0.15, 0.2) is 0 Å². The fraction of sp³-hybridized carbons (Fsp3) is 1.00. The van der Waals surface area contributed by atoms with Crippen LogP contribution >= 0.6 is 11.6 Å². The van der Waals surface area contributed by atoms with Crippen LogP contribution in [0.3, 0.4) is 0 Å². The molecule has 0 amide bonds. The molecular weight excluding hydrogens is 190 g/mol. The minimum Gasteiger partial charge on any atom is -0.396 e. The maximum atomic E-state index is 8.92. The van der Waals surface area contributed by atoms with Crippen molar-refractivity contribution in [1.82, 2.24) is 4.90 Å². The molecule has 0 spiro atoms. The number of hydrogen-bond donors (Lipinski definition) is 1. The van der Waals surface area contributed by atoms with Gasteiger partial charge in [0.1, 0.15) is 0 Å². The van der Waals surface area contributed by atoms with Gasteiger partial charge in [-0.15, -0.1) is 11.6 Å². The Morgan fingerprint density at radius 2 is 2.31 bits per heavy atom. The van der Waals surface area contributed by atoms with Crippen LogP contribution in [0.5, 0.6) is 0 Å². The number of hydrogen-bond acceptors (Lipinski definition) is 3. The quantitative estimate of drug-likeness (QED) is 0.510. The molecule has 78 valence electrons. The predicted molar refractivity (Wildman–Crippen MR) is 53.2 cm³/mol. The molecule has 0 saturated carbocycles. The zero-order valence-corrected chi connectivity index (χ0v) is 8.67. The third kappa shape index (κ3) is 4.27. The first-order chi connectivity index (χ1) is 6.36. The van der Waals surface area contributed by atoms with Gasteiger partial charge in [0.15, 0.2) is 0 Å². The zero-order valence-electron chi connectivity index (χ0n) is 7.91. The summed E-state index contributed by atoms with van der Waals surface area (Å²) >= 11 is 5.47. The molecule has 1 N–H and O–H groups in total. The van der Waals surface area contributed by atoms with Gasteiger partial charge in [-0.05, 0) is 18.9 Å². The molecule has 1 saturated heterocycles. The van der Waals surface area contributed by atoms with Gasteiger partial charge in [0, 0.05) is 25.6 Å². The fourth-order valence-corrected chi connectivity index (χ4v) is 1.72. The summed E-state index contributed by atoms with van der Waals surface area (Å²) in [4.78, 5) is 2.33. The Balaban J connectivity index is 1.97. The lowest BCUT2D eigenvalue weighted by Crippen LogP contribution is -2.26. The minimum absolute atomic E-state index is 0.318. The van der Waals surface area contributed by atoms with Crippen LogP contribution in [0.2, 0.25) is 0 Å². The van der Waals surface area contributed by atoms with Crippen molar-refractivity contribution < 1.29 is 9.84 Å². The molecule has 4 heteroatoms. The van der Waals surface area contributed by atoms with E-state index in [1.807, 2.05) is 0 Å². The molecule has 1 heterocycles. The van der Waals surface area contributed by atoms with E-state index in [1.165, 1.54) is 0 Å². The molecule has 0 aromatic heterocycles. The Morgan fingerprint density at radius 1 is 1.46 bits per heavy atom. The van der Waals surface area contributed by atoms with E-state index in [0.29, 0.717) is 25.0 Å². The third-order valence-corrected chi connectivity index (χ3v) is 2.56. The van der Waals surface area contributed by atoms with E-state index in [2.05, 4.69) is 4.90 Å². The second-order valence-electron chi connectivity index (χ2n) is 3.44. The average molecular weight is 208 g/mol. The lowest BCUT2D eigenvalue weighted by molar-refractivity contribution is 0.120. The Kier molecular flexibility index (Phi) is 5.71. The smallest absolute Gasteiger partial charge is 0.0602 e.